The molecule has 1 heterocycles. The Bertz CT molecular complexity index is 384. The highest BCUT2D eigenvalue weighted by Gasteiger charge is 2.29. The van der Waals surface area contributed by atoms with Gasteiger partial charge in [0.25, 0.3) is 0 Å². The number of nitrogens with zero attached hydrogens (tertiary/aromatic N) is 2. The molecule has 0 bridgehead atoms. The normalized spacial score (nSPS) is 20.7. The summed E-state index contributed by atoms with van der Waals surface area (Å²) in [5, 5.41) is 2.99. The van der Waals surface area contributed by atoms with Crippen molar-refractivity contribution in [1.29, 1.82) is 0 Å². The number of nitrogens with one attached hydrogen (secondary N) is 1. The van der Waals surface area contributed by atoms with Crippen LogP contribution in [0, 0.1) is 11.8 Å². The molecule has 23 heavy (non-hydrogen) atoms. The minimum absolute atomic E-state index is 0.156. The van der Waals surface area contributed by atoms with Gasteiger partial charge >= 0.3 is 0 Å². The molecular weight excluding hydrogens is 290 g/mol. The first kappa shape index (κ1) is 18.2. The summed E-state index contributed by atoms with van der Waals surface area (Å²) in [6, 6.07) is 0. The van der Waals surface area contributed by atoms with Crippen LogP contribution in [-0.2, 0) is 9.59 Å². The second kappa shape index (κ2) is 9.26. The Hall–Kier alpha value is -1.10. The highest BCUT2D eigenvalue weighted by molar-refractivity contribution is 5.79. The van der Waals surface area contributed by atoms with Crippen LogP contribution in [0.4, 0.5) is 0 Å². The van der Waals surface area contributed by atoms with E-state index in [-0.39, 0.29) is 11.8 Å². The van der Waals surface area contributed by atoms with E-state index in [2.05, 4.69) is 15.1 Å². The first-order valence-electron chi connectivity index (χ1n) is 9.26. The van der Waals surface area contributed by atoms with Crippen molar-refractivity contribution < 1.29 is 9.59 Å². The standard InChI is InChI=1S/C18H33N3O2/c1-20(2)13-10-19-17(22)14-15-8-11-21(12-9-15)18(23)16-6-4-3-5-7-16/h15-16H,3-14H2,1-2H3,(H,19,22). The van der Waals surface area contributed by atoms with Gasteiger partial charge in [0.05, 0.1) is 0 Å². The molecule has 132 valence electrons. The molecule has 2 fully saturated rings. The predicted octanol–water partition coefficient (Wildman–Crippen LogP) is 1.87. The fourth-order valence-electron chi connectivity index (χ4n) is 3.72. The van der Waals surface area contributed by atoms with Gasteiger partial charge in [0, 0.05) is 38.5 Å². The zero-order valence-corrected chi connectivity index (χ0v) is 14.9. The van der Waals surface area contributed by atoms with Crippen LogP contribution in [0.1, 0.15) is 51.4 Å². The average molecular weight is 323 g/mol. The summed E-state index contributed by atoms with van der Waals surface area (Å²) in [5.41, 5.74) is 0. The third-order valence-corrected chi connectivity index (χ3v) is 5.24. The summed E-state index contributed by atoms with van der Waals surface area (Å²) >= 11 is 0. The van der Waals surface area contributed by atoms with E-state index in [0.717, 1.165) is 45.3 Å². The summed E-state index contributed by atoms with van der Waals surface area (Å²) < 4.78 is 0. The summed E-state index contributed by atoms with van der Waals surface area (Å²) in [6.45, 7) is 3.26. The number of piperidine rings is 1. The monoisotopic (exact) mass is 323 g/mol. The minimum atomic E-state index is 0.156. The first-order chi connectivity index (χ1) is 11.1. The molecule has 0 aromatic heterocycles. The van der Waals surface area contributed by atoms with Crippen LogP contribution in [0.5, 0.6) is 0 Å². The van der Waals surface area contributed by atoms with Gasteiger partial charge in [-0.25, -0.2) is 0 Å². The maximum atomic E-state index is 12.5. The molecule has 0 aromatic carbocycles. The Kier molecular flexibility index (Phi) is 7.34. The fraction of sp³-hybridized carbons (Fsp3) is 0.889. The Morgan fingerprint density at radius 3 is 2.30 bits per heavy atom. The number of amides is 2. The molecule has 5 heteroatoms. The van der Waals surface area contributed by atoms with Crippen LogP contribution in [-0.4, -0.2) is 61.9 Å². The highest BCUT2D eigenvalue weighted by Crippen LogP contribution is 2.28. The third-order valence-electron chi connectivity index (χ3n) is 5.24. The van der Waals surface area contributed by atoms with Crippen molar-refractivity contribution >= 4 is 11.8 Å². The number of carbonyl (C=O) groups excluding carboxylic acids is 2. The van der Waals surface area contributed by atoms with Gasteiger partial charge in [-0.2, -0.15) is 0 Å². The molecular formula is C18H33N3O2. The van der Waals surface area contributed by atoms with E-state index in [9.17, 15) is 9.59 Å². The van der Waals surface area contributed by atoms with E-state index in [1.807, 2.05) is 14.1 Å². The van der Waals surface area contributed by atoms with Crippen LogP contribution in [0.25, 0.3) is 0 Å². The van der Waals surface area contributed by atoms with Crippen molar-refractivity contribution in [2.24, 2.45) is 11.8 Å². The van der Waals surface area contributed by atoms with Crippen molar-refractivity contribution in [3.05, 3.63) is 0 Å². The zero-order chi connectivity index (χ0) is 16.7. The Morgan fingerprint density at radius 1 is 1.04 bits per heavy atom. The van der Waals surface area contributed by atoms with Crippen LogP contribution < -0.4 is 5.32 Å². The van der Waals surface area contributed by atoms with Gasteiger partial charge < -0.3 is 15.1 Å². The van der Waals surface area contributed by atoms with Gasteiger partial charge in [-0.05, 0) is 45.7 Å². The van der Waals surface area contributed by atoms with E-state index in [0.29, 0.717) is 24.8 Å². The highest BCUT2D eigenvalue weighted by atomic mass is 16.2. The molecule has 2 amide bonds. The molecule has 0 spiro atoms. The Balaban J connectivity index is 1.65. The predicted molar refractivity (Wildman–Crippen MR) is 92.1 cm³/mol. The van der Waals surface area contributed by atoms with E-state index in [1.54, 1.807) is 0 Å². The molecule has 5 nitrogen and oxygen atoms in total. The molecule has 1 saturated heterocycles. The van der Waals surface area contributed by atoms with Crippen molar-refractivity contribution in [2.45, 2.75) is 51.4 Å². The van der Waals surface area contributed by atoms with Crippen LogP contribution >= 0.6 is 0 Å². The Labute approximate surface area is 140 Å². The van der Waals surface area contributed by atoms with Crippen LogP contribution in [0.15, 0.2) is 0 Å². The number of carbonyl (C=O) groups is 2. The lowest BCUT2D eigenvalue weighted by Gasteiger charge is -2.35. The topological polar surface area (TPSA) is 52.7 Å². The quantitative estimate of drug-likeness (QED) is 0.812. The summed E-state index contributed by atoms with van der Waals surface area (Å²) in [5.74, 6) is 1.24. The molecule has 0 atom stereocenters. The smallest absolute Gasteiger partial charge is 0.225 e. The van der Waals surface area contributed by atoms with Gasteiger partial charge in [0.2, 0.25) is 11.8 Å². The third kappa shape index (κ3) is 6.13. The largest absolute Gasteiger partial charge is 0.355 e. The second-order valence-electron chi connectivity index (χ2n) is 7.46. The molecule has 2 aliphatic rings. The maximum Gasteiger partial charge on any atom is 0.225 e. The van der Waals surface area contributed by atoms with Crippen LogP contribution in [0.3, 0.4) is 0 Å². The lowest BCUT2D eigenvalue weighted by atomic mass is 9.87. The van der Waals surface area contributed by atoms with Gasteiger partial charge in [-0.1, -0.05) is 19.3 Å². The van der Waals surface area contributed by atoms with Crippen molar-refractivity contribution in [3.8, 4) is 0 Å². The fourth-order valence-corrected chi connectivity index (χ4v) is 3.72. The van der Waals surface area contributed by atoms with E-state index >= 15 is 0 Å². The number of hydrogen-bond acceptors (Lipinski definition) is 3. The van der Waals surface area contributed by atoms with Crippen molar-refractivity contribution in [1.82, 2.24) is 15.1 Å². The lowest BCUT2D eigenvalue weighted by molar-refractivity contribution is -0.138. The maximum absolute atomic E-state index is 12.5. The number of hydrogen-bond donors (Lipinski definition) is 1. The molecule has 1 aliphatic heterocycles. The molecule has 2 rings (SSSR count). The molecule has 1 aliphatic carbocycles. The molecule has 0 radical (unpaired) electrons. The van der Waals surface area contributed by atoms with Gasteiger partial charge in [0.1, 0.15) is 0 Å². The average Bonchev–Trinajstić information content (AvgIpc) is 2.55. The zero-order valence-electron chi connectivity index (χ0n) is 14.9. The minimum Gasteiger partial charge on any atom is -0.355 e. The van der Waals surface area contributed by atoms with E-state index in [4.69, 9.17) is 0 Å². The number of likely N-dealkylation sites (N-methyl/N-ethyl adjacent to an activating group) is 1. The number of rotatable bonds is 6. The molecule has 0 unspecified atom stereocenters. The van der Waals surface area contributed by atoms with E-state index < -0.39 is 0 Å². The van der Waals surface area contributed by atoms with Crippen LogP contribution in [0.2, 0.25) is 0 Å². The first-order valence-corrected chi connectivity index (χ1v) is 9.26. The van der Waals surface area contributed by atoms with Gasteiger partial charge in [0.15, 0.2) is 0 Å². The van der Waals surface area contributed by atoms with Gasteiger partial charge in [-0.3, -0.25) is 9.59 Å². The van der Waals surface area contributed by atoms with Gasteiger partial charge in [-0.15, -0.1) is 0 Å². The second-order valence-corrected chi connectivity index (χ2v) is 7.46. The van der Waals surface area contributed by atoms with E-state index in [1.165, 1.54) is 19.3 Å². The molecule has 0 aromatic rings. The number of likely N-dealkylation sites (tertiary alicyclic amines) is 1. The summed E-state index contributed by atoms with van der Waals surface area (Å²) in [4.78, 5) is 28.6. The Morgan fingerprint density at radius 2 is 1.70 bits per heavy atom. The summed E-state index contributed by atoms with van der Waals surface area (Å²) in [6.07, 6.45) is 8.41. The molecule has 1 saturated carbocycles. The van der Waals surface area contributed by atoms with Crippen molar-refractivity contribution in [3.63, 3.8) is 0 Å². The van der Waals surface area contributed by atoms with Crippen molar-refractivity contribution in [2.75, 3.05) is 40.3 Å². The lowest BCUT2D eigenvalue weighted by Crippen LogP contribution is -2.43. The SMILES string of the molecule is CN(C)CCNC(=O)CC1CCN(C(=O)C2CCCCC2)CC1. The summed E-state index contributed by atoms with van der Waals surface area (Å²) in [7, 11) is 4.01. The molecule has 1 N–H and O–H groups in total.